The second-order valence-corrected chi connectivity index (χ2v) is 7.49. The second kappa shape index (κ2) is 8.46. The Kier molecular flexibility index (Phi) is 6.61. The van der Waals surface area contributed by atoms with Crippen molar-refractivity contribution >= 4 is 22.6 Å². The first-order chi connectivity index (χ1) is 10.6. The Hall–Kier alpha value is -1.17. The summed E-state index contributed by atoms with van der Waals surface area (Å²) in [4.78, 5) is 1.53. The quantitative estimate of drug-likeness (QED) is 0.611. The van der Waals surface area contributed by atoms with Crippen LogP contribution >= 0.6 is 11.8 Å². The summed E-state index contributed by atoms with van der Waals surface area (Å²) < 4.78 is 24.8. The van der Waals surface area contributed by atoms with Crippen LogP contribution in [0.25, 0.3) is 0 Å². The van der Waals surface area contributed by atoms with Gasteiger partial charge in [0.05, 0.1) is 0 Å². The average molecular weight is 337 g/mol. The van der Waals surface area contributed by atoms with E-state index in [1.54, 1.807) is 18.4 Å². The molecule has 118 valence electrons. The van der Waals surface area contributed by atoms with E-state index in [2.05, 4.69) is 12.2 Å². The molecule has 5 heteroatoms. The van der Waals surface area contributed by atoms with Crippen molar-refractivity contribution in [3.05, 3.63) is 59.9 Å². The van der Waals surface area contributed by atoms with Gasteiger partial charge in [0.25, 0.3) is 0 Å². The van der Waals surface area contributed by atoms with Crippen LogP contribution in [0.4, 0.5) is 4.39 Å². The number of thioether (sulfide) groups is 1. The fourth-order valence-corrected chi connectivity index (χ4v) is 3.40. The van der Waals surface area contributed by atoms with Crippen molar-refractivity contribution in [2.24, 2.45) is 0 Å². The van der Waals surface area contributed by atoms with Crippen LogP contribution in [0.5, 0.6) is 0 Å². The predicted octanol–water partition coefficient (Wildman–Crippen LogP) is 4.01. The topological polar surface area (TPSA) is 29.1 Å². The Balaban J connectivity index is 1.79. The highest BCUT2D eigenvalue weighted by molar-refractivity contribution is 7.99. The summed E-state index contributed by atoms with van der Waals surface area (Å²) in [6.45, 7) is 2.88. The molecule has 2 rings (SSSR count). The predicted molar refractivity (Wildman–Crippen MR) is 92.3 cm³/mol. The molecule has 2 aromatic rings. The third-order valence-corrected chi connectivity index (χ3v) is 5.35. The van der Waals surface area contributed by atoms with Gasteiger partial charge in [-0.3, -0.25) is 4.21 Å². The molecule has 0 radical (unpaired) electrons. The number of nitrogens with one attached hydrogen (secondary N) is 1. The molecular formula is C17H20FNOS2. The van der Waals surface area contributed by atoms with Crippen LogP contribution in [-0.4, -0.2) is 22.8 Å². The summed E-state index contributed by atoms with van der Waals surface area (Å²) in [5, 5.41) is 3.42. The molecule has 0 spiro atoms. The molecular weight excluding hydrogens is 317 g/mol. The van der Waals surface area contributed by atoms with Crippen LogP contribution in [0.3, 0.4) is 0 Å². The highest BCUT2D eigenvalue weighted by Crippen LogP contribution is 2.21. The minimum absolute atomic E-state index is 0.163. The van der Waals surface area contributed by atoms with Crippen LogP contribution in [0.2, 0.25) is 0 Å². The third kappa shape index (κ3) is 4.93. The summed E-state index contributed by atoms with van der Waals surface area (Å²) in [5.41, 5.74) is 1.16. The molecule has 0 saturated carbocycles. The van der Waals surface area contributed by atoms with Gasteiger partial charge in [0.2, 0.25) is 0 Å². The van der Waals surface area contributed by atoms with E-state index in [4.69, 9.17) is 0 Å². The van der Waals surface area contributed by atoms with Gasteiger partial charge in [0.1, 0.15) is 5.82 Å². The zero-order valence-electron chi connectivity index (χ0n) is 12.7. The van der Waals surface area contributed by atoms with Crippen molar-refractivity contribution in [2.45, 2.75) is 22.8 Å². The molecule has 2 nitrogen and oxygen atoms in total. The van der Waals surface area contributed by atoms with E-state index in [1.165, 1.54) is 17.8 Å². The van der Waals surface area contributed by atoms with Gasteiger partial charge in [-0.15, -0.1) is 11.8 Å². The van der Waals surface area contributed by atoms with E-state index in [0.29, 0.717) is 4.90 Å². The van der Waals surface area contributed by atoms with Gasteiger partial charge >= 0.3 is 0 Å². The Morgan fingerprint density at radius 3 is 2.50 bits per heavy atom. The first-order valence-corrected chi connectivity index (χ1v) is 9.66. The lowest BCUT2D eigenvalue weighted by Gasteiger charge is -2.14. The van der Waals surface area contributed by atoms with Crippen LogP contribution in [0, 0.1) is 5.82 Å². The average Bonchev–Trinajstić information content (AvgIpc) is 2.53. The fraction of sp³-hybridized carbons (Fsp3) is 0.294. The molecule has 2 atom stereocenters. The molecule has 1 N–H and O–H groups in total. The number of hydrogen-bond acceptors (Lipinski definition) is 3. The largest absolute Gasteiger partial charge is 0.309 e. The molecule has 0 heterocycles. The minimum atomic E-state index is -0.940. The van der Waals surface area contributed by atoms with Crippen molar-refractivity contribution in [3.63, 3.8) is 0 Å². The Morgan fingerprint density at radius 2 is 1.86 bits per heavy atom. The van der Waals surface area contributed by atoms with Gasteiger partial charge in [-0.2, -0.15) is 0 Å². The summed E-state index contributed by atoms with van der Waals surface area (Å²) in [6.07, 6.45) is 1.68. The Morgan fingerprint density at radius 1 is 1.18 bits per heavy atom. The monoisotopic (exact) mass is 337 g/mol. The van der Waals surface area contributed by atoms with E-state index < -0.39 is 10.8 Å². The number of halogens is 1. The van der Waals surface area contributed by atoms with Crippen LogP contribution in [0.15, 0.2) is 58.3 Å². The van der Waals surface area contributed by atoms with Gasteiger partial charge in [-0.05, 0) is 36.8 Å². The van der Waals surface area contributed by atoms with Crippen molar-refractivity contribution in [3.8, 4) is 0 Å². The van der Waals surface area contributed by atoms with Gasteiger partial charge in [-0.1, -0.05) is 24.3 Å². The summed E-state index contributed by atoms with van der Waals surface area (Å²) in [5.74, 6) is 0.645. The smallest absolute Gasteiger partial charge is 0.136 e. The molecule has 0 aliphatic carbocycles. The second-order valence-electron chi connectivity index (χ2n) is 4.98. The van der Waals surface area contributed by atoms with E-state index in [0.717, 1.165) is 22.8 Å². The van der Waals surface area contributed by atoms with Gasteiger partial charge < -0.3 is 5.32 Å². The lowest BCUT2D eigenvalue weighted by atomic mass is 10.1. The maximum absolute atomic E-state index is 13.5. The van der Waals surface area contributed by atoms with Crippen LogP contribution in [-0.2, 0) is 10.8 Å². The van der Waals surface area contributed by atoms with E-state index >= 15 is 0 Å². The maximum atomic E-state index is 13.5. The molecule has 22 heavy (non-hydrogen) atoms. The zero-order chi connectivity index (χ0) is 15.9. The van der Waals surface area contributed by atoms with Gasteiger partial charge in [0, 0.05) is 45.2 Å². The summed E-state index contributed by atoms with van der Waals surface area (Å²) in [6, 6.07) is 14.8. The van der Waals surface area contributed by atoms with Crippen LogP contribution < -0.4 is 5.32 Å². The SMILES string of the molecule is C[C@@H](NCCSc1ccccc1F)c1ccc([S@@](C)=O)cc1. The van der Waals surface area contributed by atoms with Gasteiger partial charge in [-0.25, -0.2) is 4.39 Å². The number of benzene rings is 2. The number of rotatable bonds is 7. The first-order valence-electron chi connectivity index (χ1n) is 7.12. The maximum Gasteiger partial charge on any atom is 0.136 e. The Labute approximate surface area is 138 Å². The molecule has 0 aromatic heterocycles. The standard InChI is InChI=1S/C17H20FNOS2/c1-13(14-7-9-15(10-8-14)22(2)20)19-11-12-21-17-6-4-3-5-16(17)18/h3-10,13,19H,11-12H2,1-2H3/t13-,22-/m1/s1. The highest BCUT2D eigenvalue weighted by Gasteiger charge is 2.06. The lowest BCUT2D eigenvalue weighted by molar-refractivity contribution is 0.596. The van der Waals surface area contributed by atoms with Crippen molar-refractivity contribution in [1.29, 1.82) is 0 Å². The first kappa shape index (κ1) is 17.2. The molecule has 0 fully saturated rings. The van der Waals surface area contributed by atoms with E-state index in [1.807, 2.05) is 30.3 Å². The van der Waals surface area contributed by atoms with E-state index in [-0.39, 0.29) is 11.9 Å². The normalized spacial score (nSPS) is 13.8. The molecule has 2 aromatic carbocycles. The van der Waals surface area contributed by atoms with Crippen molar-refractivity contribution < 1.29 is 8.60 Å². The minimum Gasteiger partial charge on any atom is -0.309 e. The van der Waals surface area contributed by atoms with Crippen molar-refractivity contribution in [2.75, 3.05) is 18.6 Å². The number of hydrogen-bond donors (Lipinski definition) is 1. The third-order valence-electron chi connectivity index (χ3n) is 3.36. The van der Waals surface area contributed by atoms with E-state index in [9.17, 15) is 8.60 Å². The zero-order valence-corrected chi connectivity index (χ0v) is 14.3. The summed E-state index contributed by atoms with van der Waals surface area (Å²) >= 11 is 1.51. The highest BCUT2D eigenvalue weighted by atomic mass is 32.2. The Bertz CT molecular complexity index is 631. The molecule has 0 amide bonds. The summed E-state index contributed by atoms with van der Waals surface area (Å²) in [7, 11) is -0.940. The molecule has 0 saturated heterocycles. The van der Waals surface area contributed by atoms with Crippen LogP contribution in [0.1, 0.15) is 18.5 Å². The molecule has 0 unspecified atom stereocenters. The molecule has 0 aliphatic heterocycles. The van der Waals surface area contributed by atoms with Crippen molar-refractivity contribution in [1.82, 2.24) is 5.32 Å². The van der Waals surface area contributed by atoms with Gasteiger partial charge in [0.15, 0.2) is 0 Å². The molecule has 0 bridgehead atoms. The molecule has 0 aliphatic rings. The fourth-order valence-electron chi connectivity index (χ4n) is 2.06. The lowest BCUT2D eigenvalue weighted by Crippen LogP contribution is -2.21.